The highest BCUT2D eigenvalue weighted by atomic mass is 35.5. The number of hydrogen-bond acceptors (Lipinski definition) is 7. The van der Waals surface area contributed by atoms with Crippen LogP contribution in [0.1, 0.15) is 37.7 Å². The number of anilines is 1. The smallest absolute Gasteiger partial charge is 0.378 e. The number of carbonyl (C=O) groups excluding carboxylic acids is 2. The molecule has 0 atom stereocenters. The Bertz CT molecular complexity index is 1430. The van der Waals surface area contributed by atoms with E-state index in [0.29, 0.717) is 5.56 Å². The monoisotopic (exact) mass is 533 g/mol. The van der Waals surface area contributed by atoms with Gasteiger partial charge in [-0.2, -0.15) is 28.6 Å². The molecule has 0 aliphatic heterocycles. The SMILES string of the molecule is CNC(=O)c1cc(C#N)cc(C)c1NC(=O)c1cc(CN/N=C(\N)C(F)(F)F)nn1-c1ncccc1Cl. The number of aryl methyl sites for hydroxylation is 1. The van der Waals surface area contributed by atoms with Crippen LogP contribution >= 0.6 is 11.6 Å². The molecule has 0 bridgehead atoms. The Kier molecular flexibility index (Phi) is 7.98. The van der Waals surface area contributed by atoms with Crippen molar-refractivity contribution in [3.05, 3.63) is 69.6 Å². The van der Waals surface area contributed by atoms with Gasteiger partial charge in [-0.3, -0.25) is 9.59 Å². The van der Waals surface area contributed by atoms with E-state index in [4.69, 9.17) is 17.3 Å². The molecule has 0 aliphatic carbocycles. The highest BCUT2D eigenvalue weighted by molar-refractivity contribution is 6.32. The number of halogens is 4. The molecule has 0 saturated carbocycles. The number of alkyl halides is 3. The second-order valence-corrected chi connectivity index (χ2v) is 7.84. The van der Waals surface area contributed by atoms with Gasteiger partial charge in [0.25, 0.3) is 11.8 Å². The van der Waals surface area contributed by atoms with Gasteiger partial charge < -0.3 is 21.8 Å². The molecule has 0 radical (unpaired) electrons. The Morgan fingerprint density at radius 1 is 1.27 bits per heavy atom. The topological polar surface area (TPSA) is 163 Å². The minimum Gasteiger partial charge on any atom is -0.378 e. The zero-order chi connectivity index (χ0) is 27.3. The molecule has 15 heteroatoms. The maximum atomic E-state index is 13.4. The van der Waals surface area contributed by atoms with Crippen molar-refractivity contribution in [1.29, 1.82) is 5.26 Å². The van der Waals surface area contributed by atoms with E-state index in [0.717, 1.165) is 4.68 Å². The van der Waals surface area contributed by atoms with Gasteiger partial charge in [-0.15, -0.1) is 0 Å². The minimum absolute atomic E-state index is 0.0492. The molecule has 2 heterocycles. The summed E-state index contributed by atoms with van der Waals surface area (Å²) in [4.78, 5) is 29.9. The van der Waals surface area contributed by atoms with Crippen LogP contribution in [-0.4, -0.2) is 45.6 Å². The fourth-order valence-electron chi connectivity index (χ4n) is 3.15. The van der Waals surface area contributed by atoms with E-state index in [1.807, 2.05) is 6.07 Å². The molecule has 0 aliphatic rings. The summed E-state index contributed by atoms with van der Waals surface area (Å²) in [6.07, 6.45) is -3.41. The Morgan fingerprint density at radius 3 is 2.62 bits per heavy atom. The van der Waals surface area contributed by atoms with E-state index < -0.39 is 23.8 Å². The molecule has 0 spiro atoms. The Balaban J connectivity index is 2.02. The van der Waals surface area contributed by atoms with Gasteiger partial charge >= 0.3 is 6.18 Å². The van der Waals surface area contributed by atoms with Crippen molar-refractivity contribution in [3.8, 4) is 11.9 Å². The van der Waals surface area contributed by atoms with Crippen molar-refractivity contribution in [1.82, 2.24) is 25.5 Å². The summed E-state index contributed by atoms with van der Waals surface area (Å²) in [7, 11) is 1.40. The number of carbonyl (C=O) groups is 2. The number of aromatic nitrogens is 3. The summed E-state index contributed by atoms with van der Waals surface area (Å²) in [5.74, 6) is -2.80. The van der Waals surface area contributed by atoms with Crippen LogP contribution < -0.4 is 21.8 Å². The number of nitrogens with one attached hydrogen (secondary N) is 3. The van der Waals surface area contributed by atoms with Crippen molar-refractivity contribution in [2.75, 3.05) is 12.4 Å². The Labute approximate surface area is 213 Å². The van der Waals surface area contributed by atoms with Gasteiger partial charge in [-0.05, 0) is 42.8 Å². The third-order valence-electron chi connectivity index (χ3n) is 4.86. The molecule has 2 aromatic heterocycles. The lowest BCUT2D eigenvalue weighted by Gasteiger charge is -2.14. The molecule has 3 aromatic rings. The predicted octanol–water partition coefficient (Wildman–Crippen LogP) is 2.64. The lowest BCUT2D eigenvalue weighted by Crippen LogP contribution is -2.33. The van der Waals surface area contributed by atoms with Gasteiger partial charge in [0, 0.05) is 13.2 Å². The number of hydrogen-bond donors (Lipinski definition) is 4. The van der Waals surface area contributed by atoms with Crippen LogP contribution in [0.15, 0.2) is 41.6 Å². The largest absolute Gasteiger partial charge is 0.450 e. The predicted molar refractivity (Wildman–Crippen MR) is 128 cm³/mol. The van der Waals surface area contributed by atoms with Crippen LogP contribution in [0.5, 0.6) is 0 Å². The van der Waals surface area contributed by atoms with Crippen molar-refractivity contribution in [2.45, 2.75) is 19.6 Å². The van der Waals surface area contributed by atoms with Crippen LogP contribution in [0.25, 0.3) is 5.82 Å². The molecule has 2 amide bonds. The zero-order valence-electron chi connectivity index (χ0n) is 19.3. The number of amides is 2. The van der Waals surface area contributed by atoms with E-state index in [1.54, 1.807) is 13.0 Å². The maximum absolute atomic E-state index is 13.4. The number of rotatable bonds is 7. The van der Waals surface area contributed by atoms with E-state index in [9.17, 15) is 28.0 Å². The molecule has 5 N–H and O–H groups in total. The normalized spacial score (nSPS) is 11.5. The summed E-state index contributed by atoms with van der Waals surface area (Å²) in [6.45, 7) is 1.28. The van der Waals surface area contributed by atoms with Crippen LogP contribution in [0.3, 0.4) is 0 Å². The van der Waals surface area contributed by atoms with Gasteiger partial charge in [-0.1, -0.05) is 11.6 Å². The summed E-state index contributed by atoms with van der Waals surface area (Å²) in [5.41, 5.74) is 7.88. The lowest BCUT2D eigenvalue weighted by molar-refractivity contribution is -0.0603. The summed E-state index contributed by atoms with van der Waals surface area (Å²) in [5, 5.41) is 21.8. The molecular formula is C22H19ClF3N9O2. The standard InChI is InChI=1S/C22H19ClF3N9O2/c1-11-6-12(9-27)7-14(19(36)29-2)17(11)32-20(37)16-8-13(10-31-33-21(28)22(24,25)26)34-35(16)18-15(23)4-3-5-30-18/h3-8,31H,10H2,1-2H3,(H2,28,33)(H,29,36)(H,32,37). The van der Waals surface area contributed by atoms with Crippen LogP contribution in [0.4, 0.5) is 18.9 Å². The van der Waals surface area contributed by atoms with E-state index >= 15 is 0 Å². The van der Waals surface area contributed by atoms with E-state index in [1.165, 1.54) is 37.5 Å². The Morgan fingerprint density at radius 2 is 2.00 bits per heavy atom. The summed E-state index contributed by atoms with van der Waals surface area (Å²) < 4.78 is 38.8. The Hall–Kier alpha value is -4.64. The average molecular weight is 534 g/mol. The molecular weight excluding hydrogens is 515 g/mol. The molecule has 37 heavy (non-hydrogen) atoms. The average Bonchev–Trinajstić information content (AvgIpc) is 3.28. The highest BCUT2D eigenvalue weighted by Gasteiger charge is 2.33. The number of pyridine rings is 1. The number of hydrazone groups is 1. The molecule has 0 saturated heterocycles. The molecule has 3 rings (SSSR count). The first-order valence-electron chi connectivity index (χ1n) is 10.4. The summed E-state index contributed by atoms with van der Waals surface area (Å²) in [6, 6.07) is 9.12. The first-order chi connectivity index (χ1) is 17.5. The molecule has 0 fully saturated rings. The zero-order valence-corrected chi connectivity index (χ0v) is 20.1. The van der Waals surface area contributed by atoms with Crippen molar-refractivity contribution in [2.24, 2.45) is 10.8 Å². The quantitative estimate of drug-likeness (QED) is 0.206. The summed E-state index contributed by atoms with van der Waals surface area (Å²) >= 11 is 6.23. The van der Waals surface area contributed by atoms with Crippen LogP contribution in [0.2, 0.25) is 5.02 Å². The molecule has 1 aromatic carbocycles. The van der Waals surface area contributed by atoms with Crippen molar-refractivity contribution < 1.29 is 22.8 Å². The molecule has 0 unspecified atom stereocenters. The molecule has 192 valence electrons. The van der Waals surface area contributed by atoms with Gasteiger partial charge in [0.2, 0.25) is 5.84 Å². The number of nitriles is 1. The van der Waals surface area contributed by atoms with Gasteiger partial charge in [0.1, 0.15) is 5.69 Å². The molecule has 11 nitrogen and oxygen atoms in total. The van der Waals surface area contributed by atoms with Gasteiger partial charge in [0.15, 0.2) is 5.82 Å². The number of amidine groups is 1. The van der Waals surface area contributed by atoms with Crippen LogP contribution in [-0.2, 0) is 6.54 Å². The van der Waals surface area contributed by atoms with E-state index in [-0.39, 0.29) is 45.6 Å². The van der Waals surface area contributed by atoms with Gasteiger partial charge in [-0.25, -0.2) is 9.67 Å². The minimum atomic E-state index is -4.82. The van der Waals surface area contributed by atoms with Crippen molar-refractivity contribution >= 4 is 34.9 Å². The van der Waals surface area contributed by atoms with E-state index in [2.05, 4.69) is 31.2 Å². The van der Waals surface area contributed by atoms with Crippen molar-refractivity contribution in [3.63, 3.8) is 0 Å². The van der Waals surface area contributed by atoms with Gasteiger partial charge in [0.05, 0.1) is 40.1 Å². The van der Waals surface area contributed by atoms with Crippen LogP contribution in [0, 0.1) is 18.3 Å². The second-order valence-electron chi connectivity index (χ2n) is 7.43. The number of benzene rings is 1. The highest BCUT2D eigenvalue weighted by Crippen LogP contribution is 2.25. The first-order valence-corrected chi connectivity index (χ1v) is 10.7. The second kappa shape index (κ2) is 11.0. The number of nitrogens with two attached hydrogens (primary N) is 1. The maximum Gasteiger partial charge on any atom is 0.450 e. The fourth-order valence-corrected chi connectivity index (χ4v) is 3.35. The number of nitrogens with zero attached hydrogens (tertiary/aromatic N) is 5. The third-order valence-corrected chi connectivity index (χ3v) is 5.15. The fraction of sp³-hybridized carbons (Fsp3) is 0.182. The lowest BCUT2D eigenvalue weighted by atomic mass is 10.0. The first kappa shape index (κ1) is 27.0. The third kappa shape index (κ3) is 6.14.